The molecule has 21 heavy (non-hydrogen) atoms. The zero-order valence-electron chi connectivity index (χ0n) is 13.2. The minimum absolute atomic E-state index is 0.0392. The van der Waals surface area contributed by atoms with Gasteiger partial charge in [-0.3, -0.25) is 4.79 Å². The fourth-order valence-electron chi connectivity index (χ4n) is 7.32. The number of carbonyl (C=O) groups is 1. The van der Waals surface area contributed by atoms with Gasteiger partial charge in [-0.2, -0.15) is 0 Å². The van der Waals surface area contributed by atoms with Gasteiger partial charge in [0.15, 0.2) is 0 Å². The molecule has 2 heterocycles. The lowest BCUT2D eigenvalue weighted by atomic mass is 9.44. The van der Waals surface area contributed by atoms with E-state index in [-0.39, 0.29) is 5.41 Å². The average molecular weight is 288 g/mol. The highest BCUT2D eigenvalue weighted by Gasteiger charge is 2.60. The van der Waals surface area contributed by atoms with Crippen LogP contribution in [0, 0.1) is 28.6 Å². The lowest BCUT2D eigenvalue weighted by Gasteiger charge is -2.61. The predicted octanol–water partition coefficient (Wildman–Crippen LogP) is 2.41. The summed E-state index contributed by atoms with van der Waals surface area (Å²) in [5.41, 5.74) is 0.519. The molecule has 6 fully saturated rings. The minimum Gasteiger partial charge on any atom is -0.340 e. The number of carbonyl (C=O) groups excluding carboxylic acids is 1. The number of nitrogens with one attached hydrogen (secondary N) is 1. The Morgan fingerprint density at radius 3 is 2.57 bits per heavy atom. The van der Waals surface area contributed by atoms with Crippen LogP contribution in [0.25, 0.3) is 0 Å². The zero-order valence-corrected chi connectivity index (χ0v) is 13.2. The van der Waals surface area contributed by atoms with E-state index in [4.69, 9.17) is 0 Å². The van der Waals surface area contributed by atoms with E-state index in [1.807, 2.05) is 0 Å². The van der Waals surface area contributed by atoms with E-state index in [0.717, 1.165) is 37.4 Å². The number of hydrogen-bond donors (Lipinski definition) is 1. The van der Waals surface area contributed by atoms with E-state index in [1.54, 1.807) is 0 Å². The summed E-state index contributed by atoms with van der Waals surface area (Å²) >= 11 is 0. The molecule has 4 saturated carbocycles. The van der Waals surface area contributed by atoms with Crippen molar-refractivity contribution in [2.75, 3.05) is 19.6 Å². The smallest absolute Gasteiger partial charge is 0.228 e. The number of fused-ring (bicyclic) bond motifs is 1. The fraction of sp³-hybridized carbons (Fsp3) is 0.944. The van der Waals surface area contributed by atoms with Gasteiger partial charge in [-0.25, -0.2) is 0 Å². The first-order valence-electron chi connectivity index (χ1n) is 9.08. The molecule has 4 aliphatic carbocycles. The van der Waals surface area contributed by atoms with Gasteiger partial charge in [0.25, 0.3) is 0 Å². The second kappa shape index (κ2) is 4.04. The lowest BCUT2D eigenvalue weighted by Crippen LogP contribution is -2.57. The van der Waals surface area contributed by atoms with Gasteiger partial charge < -0.3 is 10.2 Å². The molecule has 2 saturated heterocycles. The molecule has 3 heteroatoms. The van der Waals surface area contributed by atoms with Crippen LogP contribution in [-0.4, -0.2) is 36.5 Å². The Bertz CT molecular complexity index is 462. The third-order valence-corrected chi connectivity index (χ3v) is 7.46. The Balaban J connectivity index is 1.41. The fourth-order valence-corrected chi connectivity index (χ4v) is 7.32. The maximum atomic E-state index is 13.4. The van der Waals surface area contributed by atoms with Crippen molar-refractivity contribution in [2.45, 2.75) is 57.9 Å². The van der Waals surface area contributed by atoms with E-state index >= 15 is 0 Å². The van der Waals surface area contributed by atoms with Gasteiger partial charge >= 0.3 is 0 Å². The number of nitrogens with zero attached hydrogens (tertiary/aromatic N) is 1. The molecule has 6 aliphatic rings. The molecule has 0 spiro atoms. The van der Waals surface area contributed by atoms with E-state index < -0.39 is 0 Å². The van der Waals surface area contributed by atoms with Gasteiger partial charge in [-0.15, -0.1) is 0 Å². The van der Waals surface area contributed by atoms with Crippen molar-refractivity contribution in [2.24, 2.45) is 28.6 Å². The molecule has 0 aromatic carbocycles. The van der Waals surface area contributed by atoms with Crippen molar-refractivity contribution in [1.29, 1.82) is 0 Å². The van der Waals surface area contributed by atoms with Crippen molar-refractivity contribution in [3.05, 3.63) is 0 Å². The molecule has 0 radical (unpaired) electrons. The molecule has 6 rings (SSSR count). The maximum Gasteiger partial charge on any atom is 0.228 e. The van der Waals surface area contributed by atoms with Crippen molar-refractivity contribution in [1.82, 2.24) is 10.2 Å². The van der Waals surface area contributed by atoms with Gasteiger partial charge in [-0.05, 0) is 74.7 Å². The average Bonchev–Trinajstić information content (AvgIpc) is 2.95. The molecule has 0 aromatic rings. The number of amides is 1. The summed E-state index contributed by atoms with van der Waals surface area (Å²) in [6, 6.07) is 0.596. The topological polar surface area (TPSA) is 32.3 Å². The van der Waals surface area contributed by atoms with E-state index in [1.165, 1.54) is 44.9 Å². The Kier molecular flexibility index (Phi) is 2.48. The van der Waals surface area contributed by atoms with Crippen LogP contribution in [0.5, 0.6) is 0 Å². The second-order valence-corrected chi connectivity index (χ2v) is 9.37. The van der Waals surface area contributed by atoms with E-state index in [2.05, 4.69) is 17.1 Å². The third-order valence-electron chi connectivity index (χ3n) is 7.46. The molecule has 4 atom stereocenters. The van der Waals surface area contributed by atoms with Crippen molar-refractivity contribution in [3.8, 4) is 0 Å². The molecular weight excluding hydrogens is 260 g/mol. The van der Waals surface area contributed by atoms with Crippen molar-refractivity contribution >= 4 is 5.91 Å². The van der Waals surface area contributed by atoms with Crippen LogP contribution in [0.15, 0.2) is 0 Å². The van der Waals surface area contributed by atoms with Crippen molar-refractivity contribution in [3.63, 3.8) is 0 Å². The van der Waals surface area contributed by atoms with E-state index in [0.29, 0.717) is 17.4 Å². The van der Waals surface area contributed by atoms with Gasteiger partial charge in [0.2, 0.25) is 5.91 Å². The van der Waals surface area contributed by atoms with Crippen LogP contribution >= 0.6 is 0 Å². The number of likely N-dealkylation sites (tertiary alicyclic amines) is 1. The Morgan fingerprint density at radius 1 is 1.14 bits per heavy atom. The summed E-state index contributed by atoms with van der Waals surface area (Å²) in [4.78, 5) is 15.6. The zero-order chi connectivity index (χ0) is 14.2. The molecule has 3 nitrogen and oxygen atoms in total. The Hall–Kier alpha value is -0.570. The van der Waals surface area contributed by atoms with Crippen LogP contribution in [-0.2, 0) is 4.79 Å². The highest BCUT2D eigenvalue weighted by atomic mass is 16.2. The van der Waals surface area contributed by atoms with Crippen LogP contribution in [0.3, 0.4) is 0 Å². The summed E-state index contributed by atoms with van der Waals surface area (Å²) in [6.45, 7) is 5.64. The van der Waals surface area contributed by atoms with Crippen molar-refractivity contribution < 1.29 is 4.79 Å². The largest absolute Gasteiger partial charge is 0.340 e. The molecule has 0 aromatic heterocycles. The molecule has 1 amide bonds. The summed E-state index contributed by atoms with van der Waals surface area (Å²) in [6.07, 6.45) is 9.07. The third kappa shape index (κ3) is 1.79. The molecule has 2 unspecified atom stereocenters. The first-order valence-corrected chi connectivity index (χ1v) is 9.08. The highest BCUT2D eigenvalue weighted by molar-refractivity contribution is 5.84. The van der Waals surface area contributed by atoms with Crippen LogP contribution in [0.2, 0.25) is 0 Å². The second-order valence-electron chi connectivity index (χ2n) is 9.37. The summed E-state index contributed by atoms with van der Waals surface area (Å²) in [5, 5.41) is 3.59. The maximum absolute atomic E-state index is 13.4. The summed E-state index contributed by atoms with van der Waals surface area (Å²) < 4.78 is 0. The van der Waals surface area contributed by atoms with Crippen LogP contribution in [0.4, 0.5) is 0 Å². The Morgan fingerprint density at radius 2 is 1.90 bits per heavy atom. The highest BCUT2D eigenvalue weighted by Crippen LogP contribution is 2.65. The molecule has 2 aliphatic heterocycles. The first kappa shape index (κ1) is 12.9. The van der Waals surface area contributed by atoms with Gasteiger partial charge in [0, 0.05) is 19.1 Å². The van der Waals surface area contributed by atoms with Gasteiger partial charge in [-0.1, -0.05) is 6.92 Å². The predicted molar refractivity (Wildman–Crippen MR) is 81.7 cm³/mol. The normalized spacial score (nSPS) is 54.2. The summed E-state index contributed by atoms with van der Waals surface area (Å²) in [5.74, 6) is 2.97. The van der Waals surface area contributed by atoms with Gasteiger partial charge in [0.1, 0.15) is 0 Å². The van der Waals surface area contributed by atoms with Crippen LogP contribution in [0.1, 0.15) is 51.9 Å². The lowest BCUT2D eigenvalue weighted by molar-refractivity contribution is -0.165. The van der Waals surface area contributed by atoms with Crippen LogP contribution < -0.4 is 5.32 Å². The molecule has 1 N–H and O–H groups in total. The first-order chi connectivity index (χ1) is 10.1. The molecular formula is C18H28N2O. The molecule has 116 valence electrons. The Labute approximate surface area is 127 Å². The van der Waals surface area contributed by atoms with Gasteiger partial charge in [0.05, 0.1) is 5.41 Å². The standard InChI is InChI=1S/C18H28N2O/c1-17-5-12-4-13(6-17)8-18(7-12,11-17)16(21)20-9-14-2-3-19-15(14)10-20/h12-15,19H,2-11H2,1H3/t12?,13?,14-,15+,17?,18?/m0/s1. The minimum atomic E-state index is 0.0392. The van der Waals surface area contributed by atoms with E-state index in [9.17, 15) is 4.79 Å². The quantitative estimate of drug-likeness (QED) is 0.803. The monoisotopic (exact) mass is 288 g/mol. The number of rotatable bonds is 1. The molecule has 4 bridgehead atoms. The number of hydrogen-bond acceptors (Lipinski definition) is 2. The summed E-state index contributed by atoms with van der Waals surface area (Å²) in [7, 11) is 0. The SMILES string of the molecule is CC12CC3CC(C1)CC(C(=O)N1C[C@@H]4CCN[C@@H]4C1)(C3)C2.